The number of alkyl halides is 1. The first-order valence-electron chi connectivity index (χ1n) is 8.68. The number of nitrogens with one attached hydrogen (secondary N) is 1. The molecule has 0 amide bonds. The largest absolute Gasteiger partial charge is 0.394 e. The van der Waals surface area contributed by atoms with Crippen LogP contribution in [-0.2, 0) is 17.0 Å². The van der Waals surface area contributed by atoms with E-state index in [1.165, 1.54) is 24.4 Å². The van der Waals surface area contributed by atoms with Crippen LogP contribution in [0.25, 0.3) is 0 Å². The second-order valence-electron chi connectivity index (χ2n) is 6.44. The van der Waals surface area contributed by atoms with Gasteiger partial charge in [-0.2, -0.15) is 0 Å². The number of aliphatic hydroxyl groups excluding tert-OH is 2. The Morgan fingerprint density at radius 2 is 2.22 bits per heavy atom. The summed E-state index contributed by atoms with van der Waals surface area (Å²) < 4.78 is 35.2. The van der Waals surface area contributed by atoms with E-state index in [2.05, 4.69) is 10.3 Å². The van der Waals surface area contributed by atoms with Gasteiger partial charge < -0.3 is 14.9 Å². The van der Waals surface area contributed by atoms with Crippen molar-refractivity contribution in [3.05, 3.63) is 64.2 Å². The van der Waals surface area contributed by atoms with E-state index in [0.29, 0.717) is 12.1 Å². The summed E-state index contributed by atoms with van der Waals surface area (Å²) >= 11 is 5.73. The Morgan fingerprint density at radius 3 is 2.96 bits per heavy atom. The number of ether oxygens (including phenoxy) is 1. The van der Waals surface area contributed by atoms with Crippen molar-refractivity contribution in [1.82, 2.24) is 10.3 Å². The maximum atomic E-state index is 15.7. The van der Waals surface area contributed by atoms with Crippen LogP contribution in [0.4, 0.5) is 8.78 Å². The molecule has 1 aliphatic rings. The van der Waals surface area contributed by atoms with Crippen molar-refractivity contribution >= 4 is 11.6 Å². The Bertz CT molecular complexity index is 795. The summed E-state index contributed by atoms with van der Waals surface area (Å²) in [5.41, 5.74) is -1.19. The van der Waals surface area contributed by atoms with Crippen LogP contribution < -0.4 is 5.32 Å². The predicted molar refractivity (Wildman–Crippen MR) is 96.3 cm³/mol. The molecule has 1 aromatic heterocycles. The monoisotopic (exact) mass is 398 g/mol. The third-order valence-corrected chi connectivity index (χ3v) is 4.94. The van der Waals surface area contributed by atoms with Crippen molar-refractivity contribution < 1.29 is 23.7 Å². The summed E-state index contributed by atoms with van der Waals surface area (Å²) in [6, 6.07) is 7.33. The highest BCUT2D eigenvalue weighted by Gasteiger charge is 2.46. The third kappa shape index (κ3) is 4.28. The van der Waals surface area contributed by atoms with Crippen molar-refractivity contribution in [3.63, 3.8) is 0 Å². The molecule has 0 saturated heterocycles. The molecular formula is C19H21ClF2N2O3. The van der Waals surface area contributed by atoms with Gasteiger partial charge in [0.05, 0.1) is 18.9 Å². The molecule has 3 rings (SSSR count). The van der Waals surface area contributed by atoms with E-state index >= 15 is 4.39 Å². The zero-order chi connectivity index (χ0) is 19.4. The molecule has 146 valence electrons. The van der Waals surface area contributed by atoms with E-state index in [1.807, 2.05) is 0 Å². The van der Waals surface area contributed by atoms with Gasteiger partial charge in [-0.1, -0.05) is 23.7 Å². The zero-order valence-corrected chi connectivity index (χ0v) is 15.3. The van der Waals surface area contributed by atoms with Gasteiger partial charge in [0.25, 0.3) is 0 Å². The van der Waals surface area contributed by atoms with Crippen molar-refractivity contribution in [3.8, 4) is 0 Å². The fraction of sp³-hybridized carbons (Fsp3) is 0.421. The normalized spacial score (nSPS) is 23.1. The minimum atomic E-state index is -2.09. The lowest BCUT2D eigenvalue weighted by Crippen LogP contribution is -2.48. The first-order valence-corrected chi connectivity index (χ1v) is 9.05. The van der Waals surface area contributed by atoms with E-state index in [9.17, 15) is 9.50 Å². The number of benzene rings is 1. The number of aliphatic hydroxyl groups is 2. The van der Waals surface area contributed by atoms with Crippen LogP contribution >= 0.6 is 11.6 Å². The van der Waals surface area contributed by atoms with E-state index in [0.717, 1.165) is 0 Å². The minimum absolute atomic E-state index is 0.000937. The number of hydrogen-bond donors (Lipinski definition) is 3. The fourth-order valence-electron chi connectivity index (χ4n) is 3.31. The number of nitrogens with zero attached hydrogens (tertiary/aromatic N) is 1. The molecule has 1 unspecified atom stereocenters. The maximum absolute atomic E-state index is 15.7. The number of hydrogen-bond acceptors (Lipinski definition) is 5. The molecular weight excluding hydrogens is 378 g/mol. The molecule has 0 saturated carbocycles. The van der Waals surface area contributed by atoms with Crippen molar-refractivity contribution in [1.29, 1.82) is 0 Å². The number of fused-ring (bicyclic) bond motifs is 1. The molecule has 3 N–H and O–H groups in total. The number of pyridine rings is 1. The van der Waals surface area contributed by atoms with Crippen molar-refractivity contribution in [2.75, 3.05) is 13.2 Å². The molecule has 1 aromatic carbocycles. The SMILES string of the molecule is OCCO[C@H]1CC[C@@](F)(C(O)NCc2ccc(Cl)cc2F)c2cccnc21. The highest BCUT2D eigenvalue weighted by molar-refractivity contribution is 6.30. The van der Waals surface area contributed by atoms with Crippen LogP contribution in [0.1, 0.15) is 35.8 Å². The smallest absolute Gasteiger partial charge is 0.176 e. The van der Waals surface area contributed by atoms with Gasteiger partial charge in [0.2, 0.25) is 0 Å². The lowest BCUT2D eigenvalue weighted by atomic mass is 9.80. The van der Waals surface area contributed by atoms with Gasteiger partial charge in [-0.3, -0.25) is 10.3 Å². The van der Waals surface area contributed by atoms with Gasteiger partial charge in [-0.25, -0.2) is 8.78 Å². The van der Waals surface area contributed by atoms with Crippen LogP contribution in [0.5, 0.6) is 0 Å². The molecule has 2 aromatic rings. The van der Waals surface area contributed by atoms with Gasteiger partial charge >= 0.3 is 0 Å². The molecule has 0 spiro atoms. The second-order valence-corrected chi connectivity index (χ2v) is 6.88. The summed E-state index contributed by atoms with van der Waals surface area (Å²) in [4.78, 5) is 4.21. The van der Waals surface area contributed by atoms with Gasteiger partial charge in [-0.15, -0.1) is 0 Å². The van der Waals surface area contributed by atoms with Gasteiger partial charge in [0.1, 0.15) is 18.1 Å². The summed E-state index contributed by atoms with van der Waals surface area (Å²) in [6.45, 7) is -0.0806. The standard InChI is InChI=1S/C19H21ClF2N2O3/c20-13-4-3-12(15(21)10-13)11-24-18(26)19(22)6-5-16(27-9-8-25)17-14(19)2-1-7-23-17/h1-4,7,10,16,18,24-26H,5-6,8-9,11H2/t16-,18?,19-/m0/s1. The lowest BCUT2D eigenvalue weighted by Gasteiger charge is -2.38. The average Bonchev–Trinajstić information content (AvgIpc) is 2.67. The molecule has 0 radical (unpaired) electrons. The van der Waals surface area contributed by atoms with Gasteiger partial charge in [0.15, 0.2) is 5.67 Å². The van der Waals surface area contributed by atoms with Crippen LogP contribution in [0.2, 0.25) is 5.02 Å². The summed E-state index contributed by atoms with van der Waals surface area (Å²) in [5.74, 6) is -0.529. The molecule has 0 bridgehead atoms. The van der Waals surface area contributed by atoms with Crippen LogP contribution in [-0.4, -0.2) is 34.6 Å². The van der Waals surface area contributed by atoms with E-state index in [4.69, 9.17) is 21.4 Å². The van der Waals surface area contributed by atoms with Gasteiger partial charge in [0, 0.05) is 28.9 Å². The molecule has 3 atom stereocenters. The number of halogens is 3. The summed E-state index contributed by atoms with van der Waals surface area (Å²) in [6.07, 6.45) is -0.177. The second kappa shape index (κ2) is 8.58. The topological polar surface area (TPSA) is 74.6 Å². The predicted octanol–water partition coefficient (Wildman–Crippen LogP) is 2.99. The molecule has 1 aliphatic carbocycles. The molecule has 27 heavy (non-hydrogen) atoms. The Balaban J connectivity index is 1.77. The van der Waals surface area contributed by atoms with Crippen molar-refractivity contribution in [2.45, 2.75) is 37.4 Å². The quantitative estimate of drug-likeness (QED) is 0.625. The third-order valence-electron chi connectivity index (χ3n) is 4.71. The average molecular weight is 399 g/mol. The molecule has 1 heterocycles. The Kier molecular flexibility index (Phi) is 6.39. The van der Waals surface area contributed by atoms with E-state index in [-0.39, 0.29) is 42.3 Å². The highest BCUT2D eigenvalue weighted by Crippen LogP contribution is 2.45. The van der Waals surface area contributed by atoms with Crippen LogP contribution in [0, 0.1) is 5.82 Å². The van der Waals surface area contributed by atoms with Crippen molar-refractivity contribution in [2.24, 2.45) is 0 Å². The fourth-order valence-corrected chi connectivity index (χ4v) is 3.47. The van der Waals surface area contributed by atoms with E-state index in [1.54, 1.807) is 12.1 Å². The minimum Gasteiger partial charge on any atom is -0.394 e. The number of aromatic nitrogens is 1. The summed E-state index contributed by atoms with van der Waals surface area (Å²) in [5, 5.41) is 22.4. The Labute approximate surface area is 161 Å². The van der Waals surface area contributed by atoms with Crippen LogP contribution in [0.15, 0.2) is 36.5 Å². The van der Waals surface area contributed by atoms with Gasteiger partial charge in [-0.05, 0) is 31.0 Å². The first kappa shape index (κ1) is 20.1. The molecule has 5 nitrogen and oxygen atoms in total. The Morgan fingerprint density at radius 1 is 1.41 bits per heavy atom. The zero-order valence-electron chi connectivity index (χ0n) is 14.5. The number of rotatable bonds is 7. The highest BCUT2D eigenvalue weighted by atomic mass is 35.5. The Hall–Kier alpha value is -1.64. The summed E-state index contributed by atoms with van der Waals surface area (Å²) in [7, 11) is 0. The molecule has 8 heteroatoms. The first-order chi connectivity index (χ1) is 13.0. The van der Waals surface area contributed by atoms with E-state index < -0.39 is 23.8 Å². The maximum Gasteiger partial charge on any atom is 0.176 e. The molecule has 0 aliphatic heterocycles. The van der Waals surface area contributed by atoms with Crippen LogP contribution in [0.3, 0.4) is 0 Å². The molecule has 0 fully saturated rings. The lowest BCUT2D eigenvalue weighted by molar-refractivity contribution is -0.0710.